The van der Waals surface area contributed by atoms with Crippen molar-refractivity contribution in [3.8, 4) is 0 Å². The molecule has 0 radical (unpaired) electrons. The summed E-state index contributed by atoms with van der Waals surface area (Å²) < 4.78 is 1.38. The van der Waals surface area contributed by atoms with Crippen molar-refractivity contribution in [3.05, 3.63) is 93.4 Å². The Balaban J connectivity index is 1.66. The number of aryl methyl sites for hydroxylation is 2. The Labute approximate surface area is 174 Å². The molecule has 0 aliphatic heterocycles. The molecule has 148 valence electrons. The molecule has 0 unspecified atom stereocenters. The Morgan fingerprint density at radius 3 is 2.00 bits per heavy atom. The highest BCUT2D eigenvalue weighted by atomic mass is 32.1. The lowest BCUT2D eigenvalue weighted by Gasteiger charge is -2.28. The van der Waals surface area contributed by atoms with Crippen molar-refractivity contribution in [2.45, 2.75) is 32.7 Å². The van der Waals surface area contributed by atoms with E-state index in [1.807, 2.05) is 0 Å². The van der Waals surface area contributed by atoms with Crippen LogP contribution in [0.5, 0.6) is 0 Å². The summed E-state index contributed by atoms with van der Waals surface area (Å²) >= 11 is 1.44. The van der Waals surface area contributed by atoms with Crippen molar-refractivity contribution in [2.75, 3.05) is 11.9 Å². The molecule has 29 heavy (non-hydrogen) atoms. The van der Waals surface area contributed by atoms with Gasteiger partial charge in [0, 0.05) is 25.4 Å². The van der Waals surface area contributed by atoms with E-state index in [2.05, 4.69) is 84.4 Å². The zero-order valence-electron chi connectivity index (χ0n) is 16.9. The van der Waals surface area contributed by atoms with Gasteiger partial charge in [-0.1, -0.05) is 71.0 Å². The minimum atomic E-state index is -0.153. The van der Waals surface area contributed by atoms with Gasteiger partial charge in [-0.25, -0.2) is 4.98 Å². The maximum absolute atomic E-state index is 12.1. The summed E-state index contributed by atoms with van der Waals surface area (Å²) in [5, 5.41) is 5.33. The average molecular weight is 405 g/mol. The molecule has 2 aromatic carbocycles. The number of rotatable bonds is 6. The number of likely N-dealkylation sites (N-methyl/N-ethyl adjacent to an activating group) is 1. The van der Waals surface area contributed by atoms with E-state index in [0.717, 1.165) is 18.0 Å². The van der Waals surface area contributed by atoms with Crippen molar-refractivity contribution in [2.24, 2.45) is 0 Å². The van der Waals surface area contributed by atoms with Crippen molar-refractivity contribution < 1.29 is 0 Å². The maximum Gasteiger partial charge on any atom is 0.275 e. The highest BCUT2D eigenvalue weighted by Gasteiger charge is 2.20. The Bertz CT molecular complexity index is 1110. The molecule has 4 aromatic rings. The van der Waals surface area contributed by atoms with Gasteiger partial charge in [-0.05, 0) is 37.8 Å². The first-order chi connectivity index (χ1) is 14.0. The van der Waals surface area contributed by atoms with Crippen LogP contribution in [0.15, 0.2) is 65.6 Å². The molecule has 0 fully saturated rings. The Kier molecular flexibility index (Phi) is 5.45. The minimum Gasteiger partial charge on any atom is -0.346 e. The van der Waals surface area contributed by atoms with E-state index in [4.69, 9.17) is 0 Å². The SMILES string of the molecule is Cc1ccc(CC(Cc2ccc(C)cc2)N(C)c2nn3c(=O)ccnc3s2)cc1. The van der Waals surface area contributed by atoms with Crippen LogP contribution in [0, 0.1) is 13.8 Å². The third kappa shape index (κ3) is 4.38. The highest BCUT2D eigenvalue weighted by molar-refractivity contribution is 7.20. The summed E-state index contributed by atoms with van der Waals surface area (Å²) in [6.45, 7) is 4.21. The van der Waals surface area contributed by atoms with Crippen molar-refractivity contribution in [1.82, 2.24) is 14.6 Å². The van der Waals surface area contributed by atoms with Gasteiger partial charge in [-0.3, -0.25) is 4.79 Å². The maximum atomic E-state index is 12.1. The minimum absolute atomic E-state index is 0.153. The first kappa shape index (κ1) is 19.3. The number of hydrogen-bond acceptors (Lipinski definition) is 5. The summed E-state index contributed by atoms with van der Waals surface area (Å²) in [5.74, 6) is 0. The average Bonchev–Trinajstić information content (AvgIpc) is 3.16. The molecule has 0 bridgehead atoms. The van der Waals surface area contributed by atoms with Crippen LogP contribution in [0.2, 0.25) is 0 Å². The predicted octanol–water partition coefficient (Wildman–Crippen LogP) is 4.06. The normalized spacial score (nSPS) is 11.3. The zero-order valence-corrected chi connectivity index (χ0v) is 17.7. The van der Waals surface area contributed by atoms with Gasteiger partial charge in [0.2, 0.25) is 10.1 Å². The topological polar surface area (TPSA) is 50.5 Å². The number of nitrogens with zero attached hydrogens (tertiary/aromatic N) is 4. The largest absolute Gasteiger partial charge is 0.346 e. The first-order valence-electron chi connectivity index (χ1n) is 9.68. The van der Waals surface area contributed by atoms with Gasteiger partial charge < -0.3 is 4.90 Å². The van der Waals surface area contributed by atoms with Gasteiger partial charge in [0.05, 0.1) is 0 Å². The fraction of sp³-hybridized carbons (Fsp3) is 0.261. The van der Waals surface area contributed by atoms with E-state index in [0.29, 0.717) is 4.96 Å². The fourth-order valence-corrected chi connectivity index (χ4v) is 4.28. The molecule has 5 nitrogen and oxygen atoms in total. The summed E-state index contributed by atoms with van der Waals surface area (Å²) in [6.07, 6.45) is 3.32. The summed E-state index contributed by atoms with van der Waals surface area (Å²) in [6, 6.07) is 19.0. The van der Waals surface area contributed by atoms with E-state index in [-0.39, 0.29) is 11.6 Å². The number of benzene rings is 2. The monoisotopic (exact) mass is 404 g/mol. The molecular weight excluding hydrogens is 380 g/mol. The van der Waals surface area contributed by atoms with Gasteiger partial charge in [0.25, 0.3) is 5.56 Å². The van der Waals surface area contributed by atoms with Crippen LogP contribution in [-0.2, 0) is 12.8 Å². The molecule has 0 saturated carbocycles. The highest BCUT2D eigenvalue weighted by Crippen LogP contribution is 2.25. The summed E-state index contributed by atoms with van der Waals surface area (Å²) in [5.41, 5.74) is 4.94. The van der Waals surface area contributed by atoms with Crippen LogP contribution in [0.25, 0.3) is 4.96 Å². The third-order valence-corrected chi connectivity index (χ3v) is 6.21. The Hall–Kier alpha value is -2.99. The van der Waals surface area contributed by atoms with E-state index in [9.17, 15) is 4.79 Å². The molecule has 0 aliphatic rings. The first-order valence-corrected chi connectivity index (χ1v) is 10.5. The van der Waals surface area contributed by atoms with Gasteiger partial charge >= 0.3 is 0 Å². The lowest BCUT2D eigenvalue weighted by atomic mass is 9.97. The number of anilines is 1. The standard InChI is InChI=1S/C23H24N4OS/c1-16-4-8-18(9-5-16)14-20(15-19-10-6-17(2)7-11-19)26(3)23-25-27-21(28)12-13-24-22(27)29-23/h4-13,20H,14-15H2,1-3H3. The van der Waals surface area contributed by atoms with Crippen molar-refractivity contribution >= 4 is 21.4 Å². The summed E-state index contributed by atoms with van der Waals surface area (Å²) in [7, 11) is 2.05. The van der Waals surface area contributed by atoms with Crippen LogP contribution >= 0.6 is 11.3 Å². The molecule has 6 heteroatoms. The lowest BCUT2D eigenvalue weighted by Crippen LogP contribution is -2.35. The number of hydrogen-bond donors (Lipinski definition) is 0. The molecular formula is C23H24N4OS. The van der Waals surface area contributed by atoms with Crippen LogP contribution in [0.4, 0.5) is 5.13 Å². The van der Waals surface area contributed by atoms with Crippen molar-refractivity contribution in [1.29, 1.82) is 0 Å². The molecule has 0 amide bonds. The van der Waals surface area contributed by atoms with Crippen LogP contribution in [0.3, 0.4) is 0 Å². The smallest absolute Gasteiger partial charge is 0.275 e. The Morgan fingerprint density at radius 2 is 1.48 bits per heavy atom. The van der Waals surface area contributed by atoms with Gasteiger partial charge in [0.15, 0.2) is 0 Å². The van der Waals surface area contributed by atoms with Gasteiger partial charge in [-0.15, -0.1) is 5.10 Å². The predicted molar refractivity (Wildman–Crippen MR) is 119 cm³/mol. The molecule has 2 heterocycles. The van der Waals surface area contributed by atoms with Gasteiger partial charge in [-0.2, -0.15) is 4.52 Å². The second-order valence-electron chi connectivity index (χ2n) is 7.51. The fourth-order valence-electron chi connectivity index (χ4n) is 3.37. The number of fused-ring (bicyclic) bond motifs is 1. The number of aromatic nitrogens is 3. The third-order valence-electron chi connectivity index (χ3n) is 5.19. The second-order valence-corrected chi connectivity index (χ2v) is 8.44. The van der Waals surface area contributed by atoms with E-state index < -0.39 is 0 Å². The van der Waals surface area contributed by atoms with E-state index in [1.54, 1.807) is 0 Å². The molecule has 0 aliphatic carbocycles. The molecule has 0 atom stereocenters. The van der Waals surface area contributed by atoms with E-state index >= 15 is 0 Å². The lowest BCUT2D eigenvalue weighted by molar-refractivity contribution is 0.616. The van der Waals surface area contributed by atoms with Gasteiger partial charge in [0.1, 0.15) is 0 Å². The molecule has 2 aromatic heterocycles. The quantitative estimate of drug-likeness (QED) is 0.486. The van der Waals surface area contributed by atoms with Crippen molar-refractivity contribution in [3.63, 3.8) is 0 Å². The van der Waals surface area contributed by atoms with Crippen LogP contribution < -0.4 is 10.5 Å². The molecule has 0 N–H and O–H groups in total. The van der Waals surface area contributed by atoms with Crippen LogP contribution in [0.1, 0.15) is 22.3 Å². The van der Waals surface area contributed by atoms with Crippen LogP contribution in [-0.4, -0.2) is 27.7 Å². The zero-order chi connectivity index (χ0) is 20.4. The molecule has 4 rings (SSSR count). The molecule has 0 spiro atoms. The summed E-state index contributed by atoms with van der Waals surface area (Å²) in [4.78, 5) is 19.2. The Morgan fingerprint density at radius 1 is 0.931 bits per heavy atom. The molecule has 0 saturated heterocycles. The second kappa shape index (κ2) is 8.17. The van der Waals surface area contributed by atoms with E-state index in [1.165, 1.54) is 50.4 Å².